The predicted octanol–water partition coefficient (Wildman–Crippen LogP) is 2.62. The van der Waals surface area contributed by atoms with E-state index in [9.17, 15) is 14.1 Å². The van der Waals surface area contributed by atoms with Gasteiger partial charge in [0.25, 0.3) is 0 Å². The lowest BCUT2D eigenvalue weighted by Gasteiger charge is -2.03. The van der Waals surface area contributed by atoms with E-state index in [1.54, 1.807) is 19.9 Å². The lowest BCUT2D eigenvalue weighted by Crippen LogP contribution is -2.02. The Hall–Kier alpha value is -2.24. The van der Waals surface area contributed by atoms with Gasteiger partial charge in [-0.1, -0.05) is 0 Å². The maximum Gasteiger partial charge on any atom is 0.314 e. The van der Waals surface area contributed by atoms with Gasteiger partial charge in [-0.2, -0.15) is 4.39 Å². The molecule has 0 unspecified atom stereocenters. The highest BCUT2D eigenvalue weighted by Crippen LogP contribution is 2.11. The van der Waals surface area contributed by atoms with Gasteiger partial charge < -0.3 is 0 Å². The average molecular weight is 249 g/mol. The molecule has 0 aromatic carbocycles. The fourth-order valence-electron chi connectivity index (χ4n) is 1.27. The third kappa shape index (κ3) is 3.13. The van der Waals surface area contributed by atoms with E-state index >= 15 is 0 Å². The van der Waals surface area contributed by atoms with Crippen LogP contribution in [0.3, 0.4) is 0 Å². The number of nitrogens with zero attached hydrogens (tertiary/aromatic N) is 3. The summed E-state index contributed by atoms with van der Waals surface area (Å²) in [6, 6.07) is 3.12. The van der Waals surface area contributed by atoms with Crippen LogP contribution in [0.2, 0.25) is 0 Å². The smallest absolute Gasteiger partial charge is 0.264 e. The first-order chi connectivity index (χ1) is 8.47. The molecule has 1 aromatic rings. The molecule has 0 radical (unpaired) electrons. The first-order valence-electron chi connectivity index (χ1n) is 5.18. The topological polar surface area (TPSA) is 71.8 Å². The van der Waals surface area contributed by atoms with Gasteiger partial charge in [-0.05, 0) is 32.9 Å². The van der Waals surface area contributed by atoms with E-state index in [0.717, 1.165) is 0 Å². The zero-order valence-corrected chi connectivity index (χ0v) is 10.3. The number of pyridine rings is 1. The van der Waals surface area contributed by atoms with Gasteiger partial charge in [0.2, 0.25) is 5.95 Å². The number of hydrogen-bond donors (Lipinski definition) is 0. The Morgan fingerprint density at radius 1 is 1.33 bits per heavy atom. The number of aromatic nitrogens is 1. The van der Waals surface area contributed by atoms with Gasteiger partial charge in [0, 0.05) is 28.4 Å². The first-order valence-corrected chi connectivity index (χ1v) is 5.18. The van der Waals surface area contributed by atoms with E-state index in [4.69, 9.17) is 0 Å². The summed E-state index contributed by atoms with van der Waals surface area (Å²) in [5.74, 6) is -1.51. The summed E-state index contributed by atoms with van der Waals surface area (Å²) < 4.78 is 13.4. The molecule has 0 bridgehead atoms. The number of nitroso groups, excluding NO2 is 1. The van der Waals surface area contributed by atoms with Crippen LogP contribution >= 0.6 is 0 Å². The van der Waals surface area contributed by atoms with Crippen LogP contribution in [0.25, 0.3) is 0 Å². The number of allylic oxidation sites excluding steroid dienone is 1. The monoisotopic (exact) mass is 249 g/mol. The van der Waals surface area contributed by atoms with Crippen LogP contribution < -0.4 is 0 Å². The summed E-state index contributed by atoms with van der Waals surface area (Å²) in [6.07, 6.45) is 1.33. The molecule has 0 atom stereocenters. The van der Waals surface area contributed by atoms with E-state index < -0.39 is 11.9 Å². The normalized spacial score (nSPS) is 13.0. The van der Waals surface area contributed by atoms with Crippen molar-refractivity contribution < 1.29 is 9.18 Å². The van der Waals surface area contributed by atoms with Crippen molar-refractivity contribution >= 4 is 11.6 Å². The lowest BCUT2D eigenvalue weighted by molar-refractivity contribution is -0.114. The van der Waals surface area contributed by atoms with Crippen LogP contribution in [0.15, 0.2) is 39.8 Å². The second kappa shape index (κ2) is 5.90. The van der Waals surface area contributed by atoms with Crippen molar-refractivity contribution in [1.82, 2.24) is 4.98 Å². The Kier molecular flexibility index (Phi) is 4.53. The molecule has 0 N–H and O–H groups in total. The zero-order chi connectivity index (χ0) is 13.7. The largest absolute Gasteiger partial charge is 0.314 e. The number of carbonyl (C=O) groups is 1. The molecular formula is C12H12FN3O2. The number of aliphatic imine (C=N–C) groups is 1. The van der Waals surface area contributed by atoms with E-state index in [2.05, 4.69) is 15.2 Å². The summed E-state index contributed by atoms with van der Waals surface area (Å²) in [6.45, 7) is 4.58. The molecule has 1 rings (SSSR count). The molecule has 18 heavy (non-hydrogen) atoms. The molecule has 94 valence electrons. The van der Waals surface area contributed by atoms with Crippen molar-refractivity contribution in [2.24, 2.45) is 10.2 Å². The standard InChI is InChI=1S/C12H12FN3O2/c1-7(12(17)16-18)8(2)15-9(3)10-5-4-6-14-11(10)13/h4-6H,1-3H3/b8-7+,15-9?. The third-order valence-corrected chi connectivity index (χ3v) is 2.43. The van der Waals surface area contributed by atoms with E-state index in [1.165, 1.54) is 19.2 Å². The van der Waals surface area contributed by atoms with Crippen LogP contribution in [-0.4, -0.2) is 16.6 Å². The van der Waals surface area contributed by atoms with E-state index in [-0.39, 0.29) is 11.1 Å². The summed E-state index contributed by atoms with van der Waals surface area (Å²) >= 11 is 0. The molecule has 1 heterocycles. The molecule has 0 aliphatic heterocycles. The minimum Gasteiger partial charge on any atom is -0.264 e. The predicted molar refractivity (Wildman–Crippen MR) is 65.6 cm³/mol. The molecule has 0 spiro atoms. The number of amides is 1. The van der Waals surface area contributed by atoms with Crippen LogP contribution in [0.4, 0.5) is 4.39 Å². The number of carbonyl (C=O) groups excluding carboxylic acids is 1. The minimum absolute atomic E-state index is 0.133. The second-order valence-electron chi connectivity index (χ2n) is 3.65. The fraction of sp³-hybridized carbons (Fsp3) is 0.250. The Balaban J connectivity index is 3.15. The molecule has 5 nitrogen and oxygen atoms in total. The van der Waals surface area contributed by atoms with Gasteiger partial charge in [0.15, 0.2) is 0 Å². The Morgan fingerprint density at radius 3 is 2.56 bits per heavy atom. The van der Waals surface area contributed by atoms with Crippen LogP contribution in [0, 0.1) is 10.9 Å². The van der Waals surface area contributed by atoms with Crippen LogP contribution in [0.5, 0.6) is 0 Å². The van der Waals surface area contributed by atoms with Crippen molar-refractivity contribution in [3.63, 3.8) is 0 Å². The SMILES string of the molecule is CC(=N/C(C)=C(\C)C(=O)N=O)c1cccnc1F. The van der Waals surface area contributed by atoms with Crippen molar-refractivity contribution in [2.75, 3.05) is 0 Å². The van der Waals surface area contributed by atoms with Crippen molar-refractivity contribution in [1.29, 1.82) is 0 Å². The highest BCUT2D eigenvalue weighted by atomic mass is 19.1. The van der Waals surface area contributed by atoms with Gasteiger partial charge in [-0.3, -0.25) is 9.79 Å². The number of rotatable bonds is 3. The summed E-state index contributed by atoms with van der Waals surface area (Å²) in [7, 11) is 0. The van der Waals surface area contributed by atoms with E-state index in [0.29, 0.717) is 11.4 Å². The third-order valence-electron chi connectivity index (χ3n) is 2.43. The van der Waals surface area contributed by atoms with Gasteiger partial charge in [-0.15, -0.1) is 4.91 Å². The molecule has 0 fully saturated rings. The number of halogens is 1. The van der Waals surface area contributed by atoms with Gasteiger partial charge >= 0.3 is 5.91 Å². The molecule has 1 amide bonds. The van der Waals surface area contributed by atoms with Gasteiger partial charge in [0.05, 0.1) is 5.56 Å². The molecule has 1 aromatic heterocycles. The summed E-state index contributed by atoms with van der Waals surface area (Å²) in [5, 5.41) is 2.30. The molecule has 0 aliphatic carbocycles. The number of hydrogen-bond acceptors (Lipinski definition) is 4. The maximum atomic E-state index is 13.4. The lowest BCUT2D eigenvalue weighted by atomic mass is 10.2. The second-order valence-corrected chi connectivity index (χ2v) is 3.65. The van der Waals surface area contributed by atoms with Crippen LogP contribution in [0.1, 0.15) is 26.3 Å². The maximum absolute atomic E-state index is 13.4. The van der Waals surface area contributed by atoms with Gasteiger partial charge in [-0.25, -0.2) is 4.98 Å². The Labute approximate surface area is 103 Å². The first kappa shape index (κ1) is 13.8. The molecule has 0 saturated heterocycles. The summed E-state index contributed by atoms with van der Waals surface area (Å²) in [5.41, 5.74) is 1.07. The highest BCUT2D eigenvalue weighted by Gasteiger charge is 2.09. The highest BCUT2D eigenvalue weighted by molar-refractivity contribution is 6.00. The van der Waals surface area contributed by atoms with Crippen molar-refractivity contribution in [2.45, 2.75) is 20.8 Å². The Bertz CT molecular complexity index is 550. The zero-order valence-electron chi connectivity index (χ0n) is 10.3. The molecule has 6 heteroatoms. The van der Waals surface area contributed by atoms with E-state index in [1.807, 2.05) is 0 Å². The molecular weight excluding hydrogens is 237 g/mol. The average Bonchev–Trinajstić information content (AvgIpc) is 2.37. The Morgan fingerprint density at radius 2 is 2.00 bits per heavy atom. The van der Waals surface area contributed by atoms with Gasteiger partial charge in [0.1, 0.15) is 0 Å². The molecule has 0 saturated carbocycles. The van der Waals surface area contributed by atoms with Crippen LogP contribution in [-0.2, 0) is 4.79 Å². The molecule has 0 aliphatic rings. The van der Waals surface area contributed by atoms with Crippen molar-refractivity contribution in [3.8, 4) is 0 Å². The van der Waals surface area contributed by atoms with Crippen molar-refractivity contribution in [3.05, 3.63) is 46.0 Å². The quantitative estimate of drug-likeness (QED) is 0.358. The minimum atomic E-state index is -0.879. The summed E-state index contributed by atoms with van der Waals surface area (Å²) in [4.78, 5) is 28.7. The fourth-order valence-corrected chi connectivity index (χ4v) is 1.27.